The molecule has 1 heterocycles. The van der Waals surface area contributed by atoms with Gasteiger partial charge in [-0.3, -0.25) is 19.2 Å². The summed E-state index contributed by atoms with van der Waals surface area (Å²) in [5.74, 6) is -2.05. The quantitative estimate of drug-likeness (QED) is 0.297. The summed E-state index contributed by atoms with van der Waals surface area (Å²) in [5.41, 5.74) is 4.91. The van der Waals surface area contributed by atoms with E-state index in [1.807, 2.05) is 0 Å². The van der Waals surface area contributed by atoms with Gasteiger partial charge in [0.2, 0.25) is 17.6 Å². The van der Waals surface area contributed by atoms with Crippen LogP contribution < -0.4 is 21.7 Å². The Morgan fingerprint density at radius 2 is 1.51 bits per heavy atom. The van der Waals surface area contributed by atoms with Crippen LogP contribution in [0.1, 0.15) is 104 Å². The minimum Gasteiger partial charge on any atom is -0.363 e. The molecule has 228 valence electrons. The second-order valence-electron chi connectivity index (χ2n) is 14.5. The van der Waals surface area contributed by atoms with Crippen molar-refractivity contribution in [3.63, 3.8) is 0 Å². The first-order chi connectivity index (χ1) is 19.4. The first-order valence-corrected chi connectivity index (χ1v) is 15.9. The maximum atomic E-state index is 14.3. The molecule has 0 bridgehead atoms. The summed E-state index contributed by atoms with van der Waals surface area (Å²) in [6, 6.07) is -2.76. The Labute approximate surface area is 243 Å². The summed E-state index contributed by atoms with van der Waals surface area (Å²) in [6.07, 6.45) is 12.3. The Morgan fingerprint density at radius 1 is 0.878 bits per heavy atom. The van der Waals surface area contributed by atoms with Crippen molar-refractivity contribution in [3.05, 3.63) is 0 Å². The molecular weight excluding hydrogens is 522 g/mol. The highest BCUT2D eigenvalue weighted by atomic mass is 16.2. The van der Waals surface area contributed by atoms with E-state index < -0.39 is 35.7 Å². The van der Waals surface area contributed by atoms with E-state index in [0.29, 0.717) is 18.9 Å². The third kappa shape index (κ3) is 6.41. The van der Waals surface area contributed by atoms with E-state index in [9.17, 15) is 24.0 Å². The van der Waals surface area contributed by atoms with Crippen molar-refractivity contribution in [1.82, 2.24) is 20.9 Å². The first-order valence-electron chi connectivity index (χ1n) is 15.9. The lowest BCUT2D eigenvalue weighted by Crippen LogP contribution is -2.61. The second kappa shape index (κ2) is 11.6. The van der Waals surface area contributed by atoms with Gasteiger partial charge in [0, 0.05) is 12.1 Å². The van der Waals surface area contributed by atoms with Gasteiger partial charge in [0.15, 0.2) is 0 Å². The number of Topliss-reactive ketones (excluding diaryl/α,β-unsaturated/α-hetero) is 1. The van der Waals surface area contributed by atoms with Gasteiger partial charge in [-0.1, -0.05) is 65.2 Å². The van der Waals surface area contributed by atoms with Crippen molar-refractivity contribution in [2.75, 3.05) is 6.54 Å². The number of amides is 5. The van der Waals surface area contributed by atoms with Gasteiger partial charge in [-0.05, 0) is 68.1 Å². The molecule has 4 aliphatic carbocycles. The molecule has 5 atom stereocenters. The van der Waals surface area contributed by atoms with Gasteiger partial charge in [-0.15, -0.1) is 0 Å². The number of carbonyl (C=O) groups is 5. The molecule has 5 aliphatic rings. The van der Waals surface area contributed by atoms with E-state index in [4.69, 9.17) is 5.73 Å². The molecule has 0 unspecified atom stereocenters. The predicted molar refractivity (Wildman–Crippen MR) is 153 cm³/mol. The van der Waals surface area contributed by atoms with Crippen LogP contribution in [0.3, 0.4) is 0 Å². The van der Waals surface area contributed by atoms with Crippen LogP contribution in [0.4, 0.5) is 4.79 Å². The molecule has 41 heavy (non-hydrogen) atoms. The monoisotopic (exact) mass is 571 g/mol. The van der Waals surface area contributed by atoms with E-state index in [1.54, 1.807) is 4.90 Å². The van der Waals surface area contributed by atoms with Gasteiger partial charge in [0.1, 0.15) is 12.1 Å². The highest BCUT2D eigenvalue weighted by molar-refractivity contribution is 6.37. The minimum absolute atomic E-state index is 0.00821. The zero-order valence-electron chi connectivity index (χ0n) is 25.0. The third-order valence-electron chi connectivity index (χ3n) is 10.9. The summed E-state index contributed by atoms with van der Waals surface area (Å²) < 4.78 is 0. The van der Waals surface area contributed by atoms with Crippen molar-refractivity contribution < 1.29 is 24.0 Å². The Hall–Kier alpha value is -2.65. The molecule has 5 rings (SSSR count). The molecule has 10 nitrogen and oxygen atoms in total. The lowest BCUT2D eigenvalue weighted by atomic mass is 9.82. The van der Waals surface area contributed by atoms with E-state index in [1.165, 1.54) is 6.42 Å². The molecule has 0 spiro atoms. The molecule has 0 aromatic rings. The number of urea groups is 1. The molecule has 5 fully saturated rings. The normalized spacial score (nSPS) is 29.9. The van der Waals surface area contributed by atoms with Crippen molar-refractivity contribution >= 4 is 29.5 Å². The van der Waals surface area contributed by atoms with Crippen LogP contribution in [0.25, 0.3) is 0 Å². The molecule has 0 aromatic heterocycles. The number of nitrogens with two attached hydrogens (primary N) is 1. The van der Waals surface area contributed by atoms with Gasteiger partial charge >= 0.3 is 6.03 Å². The maximum absolute atomic E-state index is 14.3. The number of nitrogens with one attached hydrogen (secondary N) is 3. The number of primary amides is 1. The number of rotatable bonds is 10. The number of ketones is 1. The summed E-state index contributed by atoms with van der Waals surface area (Å²) in [6.45, 7) is 6.73. The average molecular weight is 572 g/mol. The molecular formula is C31H49N5O5. The van der Waals surface area contributed by atoms with Gasteiger partial charge in [0.05, 0.1) is 6.04 Å². The van der Waals surface area contributed by atoms with Crippen LogP contribution in [-0.4, -0.2) is 64.6 Å². The van der Waals surface area contributed by atoms with Crippen molar-refractivity contribution in [2.24, 2.45) is 34.8 Å². The number of nitrogens with zero attached hydrogens (tertiary/aromatic N) is 1. The predicted octanol–water partition coefficient (Wildman–Crippen LogP) is 2.78. The fourth-order valence-electron chi connectivity index (χ4n) is 8.10. The SMILES string of the molecule is CC1(NC(=O)N[C@H](C(=O)N2C[C@H]3[C@@H]([C@H]2C(=O)N[C@@H](CC2CC2)C(=O)C(N)=O)C3(C)C)C2CCCCC2)CCCCC1. The third-order valence-corrected chi connectivity index (χ3v) is 10.9. The van der Waals surface area contributed by atoms with E-state index in [0.717, 1.165) is 70.6 Å². The van der Waals surface area contributed by atoms with Crippen molar-refractivity contribution in [1.29, 1.82) is 0 Å². The van der Waals surface area contributed by atoms with Gasteiger partial charge in [0.25, 0.3) is 5.91 Å². The number of carbonyl (C=O) groups excluding carboxylic acids is 5. The standard InChI is InChI=1S/C31H49N5O5/c1-30(2)20-17-36(24(22(20)30)27(39)33-21(16-18-12-13-18)25(37)26(32)38)28(40)23(19-10-6-4-7-11-19)34-29(41)35-31(3)14-8-5-9-15-31/h18-24H,4-17H2,1-3H3,(H2,32,38)(H,33,39)(H2,34,35,41)/t20-,21-,22-,23-,24-/m0/s1. The van der Waals surface area contributed by atoms with Gasteiger partial charge in [-0.2, -0.15) is 0 Å². The highest BCUT2D eigenvalue weighted by Crippen LogP contribution is 2.65. The van der Waals surface area contributed by atoms with Crippen LogP contribution in [0.2, 0.25) is 0 Å². The molecule has 1 saturated heterocycles. The largest absolute Gasteiger partial charge is 0.363 e. The van der Waals surface area contributed by atoms with E-state index >= 15 is 0 Å². The van der Waals surface area contributed by atoms with Gasteiger partial charge in [-0.25, -0.2) is 4.79 Å². The Kier molecular flexibility index (Phi) is 8.41. The smallest absolute Gasteiger partial charge is 0.315 e. The van der Waals surface area contributed by atoms with Crippen LogP contribution in [-0.2, 0) is 19.2 Å². The summed E-state index contributed by atoms with van der Waals surface area (Å²) in [5, 5.41) is 9.06. The lowest BCUT2D eigenvalue weighted by molar-refractivity contribution is -0.144. The van der Waals surface area contributed by atoms with Crippen LogP contribution in [0, 0.1) is 29.1 Å². The molecule has 1 aliphatic heterocycles. The molecule has 0 aromatic carbocycles. The minimum atomic E-state index is -1.06. The number of piperidine rings is 1. The molecule has 5 N–H and O–H groups in total. The fourth-order valence-corrected chi connectivity index (χ4v) is 8.10. The van der Waals surface area contributed by atoms with Crippen LogP contribution in [0.5, 0.6) is 0 Å². The Morgan fingerprint density at radius 3 is 2.12 bits per heavy atom. The second-order valence-corrected chi connectivity index (χ2v) is 14.5. The van der Waals surface area contributed by atoms with Crippen LogP contribution >= 0.6 is 0 Å². The summed E-state index contributed by atoms with van der Waals surface area (Å²) >= 11 is 0. The van der Waals surface area contributed by atoms with E-state index in [-0.39, 0.29) is 40.6 Å². The Balaban J connectivity index is 1.34. The molecule has 5 amide bonds. The number of likely N-dealkylation sites (tertiary alicyclic amines) is 1. The van der Waals surface area contributed by atoms with Crippen LogP contribution in [0.15, 0.2) is 0 Å². The zero-order valence-corrected chi connectivity index (χ0v) is 25.0. The summed E-state index contributed by atoms with van der Waals surface area (Å²) in [4.78, 5) is 67.5. The first kappa shape index (κ1) is 29.8. The zero-order chi connectivity index (χ0) is 29.5. The number of hydrogen-bond donors (Lipinski definition) is 4. The lowest BCUT2D eigenvalue weighted by Gasteiger charge is -2.39. The maximum Gasteiger partial charge on any atom is 0.315 e. The fraction of sp³-hybridized carbons (Fsp3) is 0.839. The summed E-state index contributed by atoms with van der Waals surface area (Å²) in [7, 11) is 0. The topological polar surface area (TPSA) is 151 Å². The average Bonchev–Trinajstić information content (AvgIpc) is 3.78. The Bertz CT molecular complexity index is 1060. The highest BCUT2D eigenvalue weighted by Gasteiger charge is 2.69. The van der Waals surface area contributed by atoms with Crippen molar-refractivity contribution in [2.45, 2.75) is 128 Å². The molecule has 4 saturated carbocycles. The van der Waals surface area contributed by atoms with Crippen molar-refractivity contribution in [3.8, 4) is 0 Å². The number of hydrogen-bond acceptors (Lipinski definition) is 5. The van der Waals surface area contributed by atoms with E-state index in [2.05, 4.69) is 36.7 Å². The number of fused-ring (bicyclic) bond motifs is 1. The molecule has 0 radical (unpaired) electrons. The molecule has 10 heteroatoms. The van der Waals surface area contributed by atoms with Gasteiger partial charge < -0.3 is 26.6 Å².